The van der Waals surface area contributed by atoms with Crippen molar-refractivity contribution in [3.05, 3.63) is 35.1 Å². The third kappa shape index (κ3) is 2.70. The highest BCUT2D eigenvalue weighted by atomic mass is 19.1. The van der Waals surface area contributed by atoms with Crippen molar-refractivity contribution >= 4 is 5.91 Å². The van der Waals surface area contributed by atoms with Gasteiger partial charge in [0.2, 0.25) is 0 Å². The van der Waals surface area contributed by atoms with Gasteiger partial charge in [0.1, 0.15) is 5.82 Å². The number of aryl methyl sites for hydroxylation is 1. The monoisotopic (exact) mass is 251 g/mol. The predicted octanol–water partition coefficient (Wildman–Crippen LogP) is 2.39. The molecular weight excluding hydrogens is 233 g/mol. The number of halogens is 1. The van der Waals surface area contributed by atoms with E-state index >= 15 is 0 Å². The maximum Gasteiger partial charge on any atom is 0.256 e. The number of nitrogens with zero attached hydrogens (tertiary/aromatic N) is 1. The van der Waals surface area contributed by atoms with Crippen molar-refractivity contribution in [3.63, 3.8) is 0 Å². The van der Waals surface area contributed by atoms with Gasteiger partial charge in [-0.2, -0.15) is 0 Å². The Hall–Kier alpha value is -1.42. The van der Waals surface area contributed by atoms with E-state index in [1.165, 1.54) is 6.07 Å². The lowest BCUT2D eigenvalue weighted by Gasteiger charge is -2.32. The highest BCUT2D eigenvalue weighted by molar-refractivity contribution is 5.94. The Morgan fingerprint density at radius 3 is 3.00 bits per heavy atom. The number of morpholine rings is 1. The Bertz CT molecular complexity index is 447. The highest BCUT2D eigenvalue weighted by Crippen LogP contribution is 2.16. The van der Waals surface area contributed by atoms with Gasteiger partial charge >= 0.3 is 0 Å². The van der Waals surface area contributed by atoms with Gasteiger partial charge in [0.05, 0.1) is 18.3 Å². The molecule has 1 atom stereocenters. The summed E-state index contributed by atoms with van der Waals surface area (Å²) >= 11 is 0. The number of carbonyl (C=O) groups excluding carboxylic acids is 1. The van der Waals surface area contributed by atoms with Gasteiger partial charge in [0.15, 0.2) is 0 Å². The number of amides is 1. The molecule has 0 saturated carbocycles. The van der Waals surface area contributed by atoms with Crippen LogP contribution in [0.2, 0.25) is 0 Å². The summed E-state index contributed by atoms with van der Waals surface area (Å²) in [5.41, 5.74) is 0.967. The molecule has 1 heterocycles. The third-order valence-corrected chi connectivity index (χ3v) is 3.24. The van der Waals surface area contributed by atoms with Crippen molar-refractivity contribution in [3.8, 4) is 0 Å². The summed E-state index contributed by atoms with van der Waals surface area (Å²) in [6.45, 7) is 5.42. The van der Waals surface area contributed by atoms with Crippen molar-refractivity contribution in [2.75, 3.05) is 19.7 Å². The first-order chi connectivity index (χ1) is 8.61. The van der Waals surface area contributed by atoms with Gasteiger partial charge in [-0.3, -0.25) is 4.79 Å². The fraction of sp³-hybridized carbons (Fsp3) is 0.500. The normalized spacial score (nSPS) is 19.9. The molecule has 1 unspecified atom stereocenters. The van der Waals surface area contributed by atoms with Crippen LogP contribution >= 0.6 is 0 Å². The molecule has 1 fully saturated rings. The Morgan fingerprint density at radius 1 is 1.56 bits per heavy atom. The fourth-order valence-corrected chi connectivity index (χ4v) is 2.11. The molecule has 3 nitrogen and oxygen atoms in total. The molecule has 0 spiro atoms. The van der Waals surface area contributed by atoms with Crippen LogP contribution in [-0.4, -0.2) is 36.6 Å². The average Bonchev–Trinajstić information content (AvgIpc) is 2.38. The Balaban J connectivity index is 2.15. The molecule has 1 aromatic rings. The van der Waals surface area contributed by atoms with E-state index in [4.69, 9.17) is 4.74 Å². The lowest BCUT2D eigenvalue weighted by atomic mass is 10.1. The molecule has 0 radical (unpaired) electrons. The summed E-state index contributed by atoms with van der Waals surface area (Å²) in [6.07, 6.45) is 0.927. The zero-order valence-corrected chi connectivity index (χ0v) is 10.8. The first-order valence-electron chi connectivity index (χ1n) is 6.29. The van der Waals surface area contributed by atoms with Gasteiger partial charge < -0.3 is 9.64 Å². The smallest absolute Gasteiger partial charge is 0.256 e. The second-order valence-corrected chi connectivity index (χ2v) is 4.64. The minimum Gasteiger partial charge on any atom is -0.375 e. The van der Waals surface area contributed by atoms with Crippen molar-refractivity contribution < 1.29 is 13.9 Å². The minimum absolute atomic E-state index is 0.0659. The lowest BCUT2D eigenvalue weighted by Crippen LogP contribution is -2.45. The second kappa shape index (κ2) is 5.48. The van der Waals surface area contributed by atoms with Gasteiger partial charge in [0, 0.05) is 13.1 Å². The number of ether oxygens (including phenoxy) is 1. The molecule has 0 N–H and O–H groups in total. The van der Waals surface area contributed by atoms with Crippen molar-refractivity contribution in [1.29, 1.82) is 0 Å². The molecule has 2 rings (SSSR count). The summed E-state index contributed by atoms with van der Waals surface area (Å²) < 4.78 is 19.3. The summed E-state index contributed by atoms with van der Waals surface area (Å²) in [4.78, 5) is 13.9. The second-order valence-electron chi connectivity index (χ2n) is 4.64. The number of benzene rings is 1. The molecule has 1 aliphatic rings. The van der Waals surface area contributed by atoms with Crippen LogP contribution in [0.1, 0.15) is 29.3 Å². The number of carbonyl (C=O) groups is 1. The van der Waals surface area contributed by atoms with E-state index in [9.17, 15) is 9.18 Å². The molecule has 1 aliphatic heterocycles. The van der Waals surface area contributed by atoms with Gasteiger partial charge in [-0.25, -0.2) is 4.39 Å². The lowest BCUT2D eigenvalue weighted by molar-refractivity contribution is -0.0227. The van der Waals surface area contributed by atoms with Gasteiger partial charge in [0.25, 0.3) is 5.91 Å². The van der Waals surface area contributed by atoms with Crippen molar-refractivity contribution in [1.82, 2.24) is 4.90 Å². The third-order valence-electron chi connectivity index (χ3n) is 3.24. The van der Waals surface area contributed by atoms with Crippen LogP contribution in [0, 0.1) is 12.7 Å². The average molecular weight is 251 g/mol. The molecule has 18 heavy (non-hydrogen) atoms. The number of rotatable bonds is 2. The Kier molecular flexibility index (Phi) is 3.97. The molecule has 1 amide bonds. The van der Waals surface area contributed by atoms with E-state index < -0.39 is 5.82 Å². The van der Waals surface area contributed by atoms with Crippen molar-refractivity contribution in [2.45, 2.75) is 26.4 Å². The van der Waals surface area contributed by atoms with E-state index in [0.29, 0.717) is 19.7 Å². The largest absolute Gasteiger partial charge is 0.375 e. The highest BCUT2D eigenvalue weighted by Gasteiger charge is 2.25. The van der Waals surface area contributed by atoms with E-state index in [2.05, 4.69) is 0 Å². The van der Waals surface area contributed by atoms with E-state index in [1.807, 2.05) is 6.92 Å². The van der Waals surface area contributed by atoms with Gasteiger partial charge in [-0.15, -0.1) is 0 Å². The van der Waals surface area contributed by atoms with Crippen LogP contribution in [0.15, 0.2) is 18.2 Å². The minimum atomic E-state index is -0.445. The molecule has 1 saturated heterocycles. The first kappa shape index (κ1) is 13.0. The van der Waals surface area contributed by atoms with Crippen LogP contribution in [0.4, 0.5) is 4.39 Å². The number of hydrogen-bond acceptors (Lipinski definition) is 2. The molecule has 98 valence electrons. The summed E-state index contributed by atoms with van der Waals surface area (Å²) in [7, 11) is 0. The Labute approximate surface area is 107 Å². The SMILES string of the molecule is CCC1CN(C(=O)c2ccc(C)cc2F)CCO1. The van der Waals surface area contributed by atoms with Gasteiger partial charge in [-0.05, 0) is 31.0 Å². The van der Waals surface area contributed by atoms with Crippen LogP contribution in [0.3, 0.4) is 0 Å². The number of hydrogen-bond donors (Lipinski definition) is 0. The summed E-state index contributed by atoms with van der Waals surface area (Å²) in [5, 5.41) is 0. The standard InChI is InChI=1S/C14H18FNO2/c1-3-11-9-16(6-7-18-11)14(17)12-5-4-10(2)8-13(12)15/h4-5,8,11H,3,6-7,9H2,1-2H3. The Morgan fingerprint density at radius 2 is 2.33 bits per heavy atom. The molecular formula is C14H18FNO2. The summed E-state index contributed by atoms with van der Waals surface area (Å²) in [6, 6.07) is 4.71. The first-order valence-corrected chi connectivity index (χ1v) is 6.29. The molecule has 1 aromatic carbocycles. The van der Waals surface area contributed by atoms with E-state index in [-0.39, 0.29) is 17.6 Å². The summed E-state index contributed by atoms with van der Waals surface area (Å²) in [5.74, 6) is -0.686. The van der Waals surface area contributed by atoms with Crippen LogP contribution in [0.25, 0.3) is 0 Å². The van der Waals surface area contributed by atoms with Crippen molar-refractivity contribution in [2.24, 2.45) is 0 Å². The topological polar surface area (TPSA) is 29.5 Å². The molecule has 0 bridgehead atoms. The molecule has 0 aliphatic carbocycles. The molecule has 4 heteroatoms. The quantitative estimate of drug-likeness (QED) is 0.807. The van der Waals surface area contributed by atoms with E-state index in [1.54, 1.807) is 24.0 Å². The predicted molar refractivity (Wildman–Crippen MR) is 67.1 cm³/mol. The maximum absolute atomic E-state index is 13.8. The zero-order chi connectivity index (χ0) is 13.1. The van der Waals surface area contributed by atoms with Crippen LogP contribution in [0.5, 0.6) is 0 Å². The van der Waals surface area contributed by atoms with Gasteiger partial charge in [-0.1, -0.05) is 13.0 Å². The van der Waals surface area contributed by atoms with Crippen LogP contribution < -0.4 is 0 Å². The van der Waals surface area contributed by atoms with Crippen LogP contribution in [-0.2, 0) is 4.74 Å². The van der Waals surface area contributed by atoms with E-state index in [0.717, 1.165) is 12.0 Å². The maximum atomic E-state index is 13.8. The molecule has 0 aromatic heterocycles. The zero-order valence-electron chi connectivity index (χ0n) is 10.8. The fourth-order valence-electron chi connectivity index (χ4n) is 2.11.